The quantitative estimate of drug-likeness (QED) is 0.446. The Labute approximate surface area is 203 Å². The van der Waals surface area contributed by atoms with Crippen molar-refractivity contribution in [3.8, 4) is 5.75 Å². The highest BCUT2D eigenvalue weighted by atomic mass is 32.2. The van der Waals surface area contributed by atoms with E-state index in [1.165, 1.54) is 11.8 Å². The lowest BCUT2D eigenvalue weighted by atomic mass is 10.1. The number of methoxy groups -OCH3 is 2. The molecular formula is C26H27N3O4S. The number of fused-ring (bicyclic) bond motifs is 1. The number of carbonyl (C=O) groups is 2. The number of amides is 2. The number of carbonyl (C=O) groups excluding carboxylic acids is 2. The summed E-state index contributed by atoms with van der Waals surface area (Å²) in [4.78, 5) is 32.6. The minimum absolute atomic E-state index is 0.0386. The molecule has 2 amide bonds. The molecule has 1 fully saturated rings. The topological polar surface area (TPSA) is 80.2 Å². The number of rotatable bonds is 9. The van der Waals surface area contributed by atoms with Crippen molar-refractivity contribution < 1.29 is 19.1 Å². The van der Waals surface area contributed by atoms with Crippen LogP contribution in [0.2, 0.25) is 0 Å². The van der Waals surface area contributed by atoms with Gasteiger partial charge in [-0.2, -0.15) is 0 Å². The number of nitrogens with zero attached hydrogens (tertiary/aromatic N) is 2. The van der Waals surface area contributed by atoms with E-state index >= 15 is 0 Å². The van der Waals surface area contributed by atoms with Gasteiger partial charge in [0.15, 0.2) is 5.17 Å². The lowest BCUT2D eigenvalue weighted by Gasteiger charge is -2.16. The van der Waals surface area contributed by atoms with Crippen LogP contribution in [0, 0.1) is 0 Å². The molecule has 1 unspecified atom stereocenters. The van der Waals surface area contributed by atoms with Crippen molar-refractivity contribution in [2.45, 2.75) is 18.1 Å². The summed E-state index contributed by atoms with van der Waals surface area (Å²) >= 11 is 1.33. The average molecular weight is 478 g/mol. The van der Waals surface area contributed by atoms with Gasteiger partial charge in [-0.3, -0.25) is 14.5 Å². The molecule has 0 saturated carbocycles. The van der Waals surface area contributed by atoms with Crippen LogP contribution in [-0.4, -0.2) is 54.5 Å². The van der Waals surface area contributed by atoms with Crippen LogP contribution in [-0.2, 0) is 14.3 Å². The van der Waals surface area contributed by atoms with Crippen LogP contribution in [0.15, 0.2) is 71.7 Å². The third-order valence-electron chi connectivity index (χ3n) is 5.48. The molecule has 0 aliphatic carbocycles. The van der Waals surface area contributed by atoms with E-state index in [0.717, 1.165) is 16.5 Å². The lowest BCUT2D eigenvalue weighted by Crippen LogP contribution is -2.34. The van der Waals surface area contributed by atoms with E-state index in [1.54, 1.807) is 31.3 Å². The molecule has 1 atom stereocenters. The number of para-hydroxylation sites is 2. The summed E-state index contributed by atoms with van der Waals surface area (Å²) in [6.45, 7) is 1.02. The fourth-order valence-corrected chi connectivity index (χ4v) is 5.00. The highest BCUT2D eigenvalue weighted by Crippen LogP contribution is 2.34. The summed E-state index contributed by atoms with van der Waals surface area (Å²) in [6, 6.07) is 21.1. The van der Waals surface area contributed by atoms with E-state index in [-0.39, 0.29) is 18.2 Å². The number of aliphatic imine (C=N–C) groups is 1. The molecule has 34 heavy (non-hydrogen) atoms. The minimum Gasteiger partial charge on any atom is -0.495 e. The number of amidine groups is 1. The Morgan fingerprint density at radius 3 is 2.65 bits per heavy atom. The molecule has 3 aromatic carbocycles. The zero-order valence-corrected chi connectivity index (χ0v) is 20.0. The van der Waals surface area contributed by atoms with Crippen LogP contribution >= 0.6 is 11.8 Å². The third kappa shape index (κ3) is 5.40. The maximum atomic E-state index is 13.3. The molecule has 1 aliphatic rings. The summed E-state index contributed by atoms with van der Waals surface area (Å²) in [6.07, 6.45) is 0.717. The number of anilines is 1. The molecule has 1 heterocycles. The van der Waals surface area contributed by atoms with Crippen molar-refractivity contribution in [1.29, 1.82) is 0 Å². The normalized spacial score (nSPS) is 16.9. The van der Waals surface area contributed by atoms with Gasteiger partial charge in [0.1, 0.15) is 11.0 Å². The van der Waals surface area contributed by atoms with Gasteiger partial charge in [-0.1, -0.05) is 60.3 Å². The van der Waals surface area contributed by atoms with Crippen LogP contribution in [0.1, 0.15) is 12.8 Å². The Bertz CT molecular complexity index is 1210. The zero-order chi connectivity index (χ0) is 23.9. The van der Waals surface area contributed by atoms with Crippen LogP contribution in [0.3, 0.4) is 0 Å². The van der Waals surface area contributed by atoms with Crippen LogP contribution in [0.25, 0.3) is 10.8 Å². The van der Waals surface area contributed by atoms with Gasteiger partial charge >= 0.3 is 0 Å². The largest absolute Gasteiger partial charge is 0.495 e. The van der Waals surface area contributed by atoms with Crippen molar-refractivity contribution >= 4 is 50.9 Å². The maximum absolute atomic E-state index is 13.3. The number of hydrogen-bond donors (Lipinski definition) is 1. The standard InChI is InChI=1S/C26H27N3O4S/c1-32-16-8-15-29-25(31)23(17-24(30)27-21-12-5-6-14-22(21)33-2)34-26(29)28-20-13-7-10-18-9-3-4-11-19(18)20/h3-7,9-14,23H,8,15-17H2,1-2H3,(H,27,30). The second-order valence-electron chi connectivity index (χ2n) is 7.79. The summed E-state index contributed by atoms with van der Waals surface area (Å²) in [5.41, 5.74) is 1.37. The third-order valence-corrected chi connectivity index (χ3v) is 6.66. The van der Waals surface area contributed by atoms with Crippen LogP contribution < -0.4 is 10.1 Å². The predicted molar refractivity (Wildman–Crippen MR) is 137 cm³/mol. The summed E-state index contributed by atoms with van der Waals surface area (Å²) in [7, 11) is 3.19. The van der Waals surface area contributed by atoms with Crippen molar-refractivity contribution in [2.24, 2.45) is 4.99 Å². The van der Waals surface area contributed by atoms with Gasteiger partial charge in [-0.05, 0) is 30.0 Å². The Morgan fingerprint density at radius 1 is 1.06 bits per heavy atom. The maximum Gasteiger partial charge on any atom is 0.242 e. The highest BCUT2D eigenvalue weighted by Gasteiger charge is 2.39. The first kappa shape index (κ1) is 23.8. The smallest absolute Gasteiger partial charge is 0.242 e. The van der Waals surface area contributed by atoms with Gasteiger partial charge < -0.3 is 14.8 Å². The zero-order valence-electron chi connectivity index (χ0n) is 19.2. The van der Waals surface area contributed by atoms with E-state index in [9.17, 15) is 9.59 Å². The summed E-state index contributed by atoms with van der Waals surface area (Å²) < 4.78 is 10.5. The summed E-state index contributed by atoms with van der Waals surface area (Å²) in [5.74, 6) is 0.203. The first-order valence-corrected chi connectivity index (χ1v) is 11.9. The van der Waals surface area contributed by atoms with E-state index in [4.69, 9.17) is 14.5 Å². The summed E-state index contributed by atoms with van der Waals surface area (Å²) in [5, 5.41) is 5.01. The minimum atomic E-state index is -0.550. The van der Waals surface area contributed by atoms with Crippen LogP contribution in [0.4, 0.5) is 11.4 Å². The molecule has 4 rings (SSSR count). The second kappa shape index (κ2) is 11.2. The molecule has 8 heteroatoms. The molecule has 0 bridgehead atoms. The Balaban J connectivity index is 1.56. The molecule has 0 spiro atoms. The second-order valence-corrected chi connectivity index (χ2v) is 8.96. The van der Waals surface area contributed by atoms with Gasteiger partial charge in [-0.25, -0.2) is 4.99 Å². The van der Waals surface area contributed by atoms with Crippen molar-refractivity contribution in [3.63, 3.8) is 0 Å². The molecular weight excluding hydrogens is 450 g/mol. The van der Waals surface area contributed by atoms with Crippen molar-refractivity contribution in [3.05, 3.63) is 66.7 Å². The molecule has 1 aliphatic heterocycles. The SMILES string of the molecule is COCCCN1C(=O)C(CC(=O)Nc2ccccc2OC)SC1=Nc1cccc2ccccc12. The monoisotopic (exact) mass is 477 g/mol. The number of nitrogens with one attached hydrogen (secondary N) is 1. The van der Waals surface area contributed by atoms with Crippen molar-refractivity contribution in [1.82, 2.24) is 4.90 Å². The molecule has 0 aromatic heterocycles. The molecule has 7 nitrogen and oxygen atoms in total. The van der Waals surface area contributed by atoms with Gasteiger partial charge in [0.25, 0.3) is 0 Å². The van der Waals surface area contributed by atoms with Gasteiger partial charge in [0.2, 0.25) is 11.8 Å². The molecule has 1 N–H and O–H groups in total. The predicted octanol–water partition coefficient (Wildman–Crippen LogP) is 4.85. The highest BCUT2D eigenvalue weighted by molar-refractivity contribution is 8.15. The number of thioether (sulfide) groups is 1. The van der Waals surface area contributed by atoms with Crippen molar-refractivity contribution in [2.75, 3.05) is 32.7 Å². The van der Waals surface area contributed by atoms with E-state index in [2.05, 4.69) is 5.32 Å². The fraction of sp³-hybridized carbons (Fsp3) is 0.269. The first-order chi connectivity index (χ1) is 16.6. The average Bonchev–Trinajstić information content (AvgIpc) is 3.13. The van der Waals surface area contributed by atoms with Gasteiger partial charge in [0.05, 0.1) is 18.5 Å². The van der Waals surface area contributed by atoms with Gasteiger partial charge in [-0.15, -0.1) is 0 Å². The lowest BCUT2D eigenvalue weighted by molar-refractivity contribution is -0.128. The van der Waals surface area contributed by atoms with Gasteiger partial charge in [0, 0.05) is 32.1 Å². The Morgan fingerprint density at radius 2 is 1.82 bits per heavy atom. The molecule has 1 saturated heterocycles. The number of hydrogen-bond acceptors (Lipinski definition) is 6. The van der Waals surface area contributed by atoms with Crippen LogP contribution in [0.5, 0.6) is 5.75 Å². The first-order valence-electron chi connectivity index (χ1n) is 11.1. The fourth-order valence-electron chi connectivity index (χ4n) is 3.82. The number of benzene rings is 3. The molecule has 176 valence electrons. The molecule has 3 aromatic rings. The van der Waals surface area contributed by atoms with E-state index in [1.807, 2.05) is 54.6 Å². The van der Waals surface area contributed by atoms with E-state index in [0.29, 0.717) is 36.2 Å². The Hall–Kier alpha value is -3.36. The Kier molecular flexibility index (Phi) is 7.82. The molecule has 0 radical (unpaired) electrons. The number of ether oxygens (including phenoxy) is 2. The van der Waals surface area contributed by atoms with E-state index < -0.39 is 5.25 Å².